The molecule has 0 radical (unpaired) electrons. The van der Waals surface area contributed by atoms with Crippen molar-refractivity contribution in [2.75, 3.05) is 0 Å². The van der Waals surface area contributed by atoms with Crippen molar-refractivity contribution in [3.63, 3.8) is 0 Å². The summed E-state index contributed by atoms with van der Waals surface area (Å²) in [5, 5.41) is 36.5. The summed E-state index contributed by atoms with van der Waals surface area (Å²) < 4.78 is 4.83. The van der Waals surface area contributed by atoms with Crippen LogP contribution < -0.4 is 0 Å². The van der Waals surface area contributed by atoms with Gasteiger partial charge in [-0.25, -0.2) is 0 Å². The maximum absolute atomic E-state index is 9.28. The first kappa shape index (κ1) is 9.88. The summed E-state index contributed by atoms with van der Waals surface area (Å²) in [7, 11) is 0. The van der Waals surface area contributed by atoms with Gasteiger partial charge >= 0.3 is 0 Å². The molecule has 1 fully saturated rings. The summed E-state index contributed by atoms with van der Waals surface area (Å²) in [6, 6.07) is 0. The van der Waals surface area contributed by atoms with Gasteiger partial charge in [-0.05, 0) is 6.42 Å². The van der Waals surface area contributed by atoms with E-state index in [9.17, 15) is 10.2 Å². The normalized spacial score (nSPS) is 49.2. The van der Waals surface area contributed by atoms with Gasteiger partial charge in [-0.3, -0.25) is 0 Å². The first-order chi connectivity index (χ1) is 5.57. The lowest BCUT2D eigenvalue weighted by molar-refractivity contribution is -0.281. The molecular weight excluding hydrogens is 164 g/mol. The molecule has 0 unspecified atom stereocenters. The smallest absolute Gasteiger partial charge is 0.183 e. The fraction of sp³-hybridized carbons (Fsp3) is 1.00. The van der Waals surface area contributed by atoms with Gasteiger partial charge < -0.3 is 25.2 Å². The third-order valence-corrected chi connectivity index (χ3v) is 2.09. The van der Waals surface area contributed by atoms with Crippen molar-refractivity contribution in [2.45, 2.75) is 44.1 Å². The standard InChI is InChI=1S/C7H14O5/c1-2-3-4(8)5(9)6(10)7(11)12-3/h3-11H,2H2,1H3/t3-,4+,5-,6+,7+/m1/s1. The van der Waals surface area contributed by atoms with Crippen molar-refractivity contribution in [2.24, 2.45) is 0 Å². The van der Waals surface area contributed by atoms with Crippen molar-refractivity contribution in [3.8, 4) is 0 Å². The predicted molar refractivity (Wildman–Crippen MR) is 39.2 cm³/mol. The molecule has 0 aromatic carbocycles. The Hall–Kier alpha value is -0.200. The Morgan fingerprint density at radius 3 is 2.08 bits per heavy atom. The fourth-order valence-corrected chi connectivity index (χ4v) is 1.27. The topological polar surface area (TPSA) is 90.2 Å². The molecule has 0 aromatic rings. The first-order valence-electron chi connectivity index (χ1n) is 3.95. The molecule has 1 rings (SSSR count). The second-order valence-corrected chi connectivity index (χ2v) is 2.95. The molecule has 0 bridgehead atoms. The highest BCUT2D eigenvalue weighted by Crippen LogP contribution is 2.21. The summed E-state index contributed by atoms with van der Waals surface area (Å²) in [5.41, 5.74) is 0. The third-order valence-electron chi connectivity index (χ3n) is 2.09. The molecule has 5 nitrogen and oxygen atoms in total. The van der Waals surface area contributed by atoms with Crippen LogP contribution >= 0.6 is 0 Å². The molecule has 1 saturated heterocycles. The van der Waals surface area contributed by atoms with Gasteiger partial charge in [0.2, 0.25) is 0 Å². The largest absolute Gasteiger partial charge is 0.388 e. The van der Waals surface area contributed by atoms with Gasteiger partial charge in [-0.15, -0.1) is 0 Å². The summed E-state index contributed by atoms with van der Waals surface area (Å²) >= 11 is 0. The molecule has 1 aliphatic heterocycles. The van der Waals surface area contributed by atoms with Crippen LogP contribution in [0.1, 0.15) is 13.3 Å². The maximum Gasteiger partial charge on any atom is 0.183 e. The van der Waals surface area contributed by atoms with Crippen LogP contribution in [0.3, 0.4) is 0 Å². The number of ether oxygens (including phenoxy) is 1. The van der Waals surface area contributed by atoms with Crippen LogP contribution in [-0.4, -0.2) is 51.1 Å². The van der Waals surface area contributed by atoms with E-state index in [-0.39, 0.29) is 0 Å². The molecule has 5 heteroatoms. The fourth-order valence-electron chi connectivity index (χ4n) is 1.27. The van der Waals surface area contributed by atoms with E-state index < -0.39 is 30.7 Å². The summed E-state index contributed by atoms with van der Waals surface area (Å²) in [6.07, 6.45) is -5.44. The Bertz CT molecular complexity index is 146. The quantitative estimate of drug-likeness (QED) is 0.380. The minimum absolute atomic E-state index is 0.474. The Morgan fingerprint density at radius 1 is 1.00 bits per heavy atom. The van der Waals surface area contributed by atoms with E-state index in [1.165, 1.54) is 0 Å². The molecule has 4 N–H and O–H groups in total. The van der Waals surface area contributed by atoms with Gasteiger partial charge in [-0.2, -0.15) is 0 Å². The first-order valence-corrected chi connectivity index (χ1v) is 3.95. The van der Waals surface area contributed by atoms with Gasteiger partial charge in [-0.1, -0.05) is 6.92 Å². The highest BCUT2D eigenvalue weighted by Gasteiger charge is 2.41. The maximum atomic E-state index is 9.28. The third kappa shape index (κ3) is 1.60. The van der Waals surface area contributed by atoms with E-state index in [0.717, 1.165) is 0 Å². The summed E-state index contributed by atoms with van der Waals surface area (Å²) in [4.78, 5) is 0. The van der Waals surface area contributed by atoms with E-state index in [1.807, 2.05) is 0 Å². The molecule has 0 spiro atoms. The number of aliphatic hydroxyl groups is 4. The monoisotopic (exact) mass is 178 g/mol. The molecule has 1 heterocycles. The lowest BCUT2D eigenvalue weighted by Crippen LogP contribution is -2.57. The van der Waals surface area contributed by atoms with Crippen molar-refractivity contribution in [1.82, 2.24) is 0 Å². The van der Waals surface area contributed by atoms with Crippen molar-refractivity contribution < 1.29 is 25.2 Å². The predicted octanol–water partition coefficient (Wildman–Crippen LogP) is -1.80. The zero-order valence-corrected chi connectivity index (χ0v) is 6.79. The van der Waals surface area contributed by atoms with Crippen LogP contribution in [0, 0.1) is 0 Å². The number of aliphatic hydroxyl groups excluding tert-OH is 4. The van der Waals surface area contributed by atoms with Crippen LogP contribution in [0.2, 0.25) is 0 Å². The molecule has 0 amide bonds. The van der Waals surface area contributed by atoms with E-state index in [1.54, 1.807) is 6.92 Å². The second kappa shape index (κ2) is 3.68. The van der Waals surface area contributed by atoms with Crippen LogP contribution in [0.25, 0.3) is 0 Å². The minimum Gasteiger partial charge on any atom is -0.388 e. The Kier molecular flexibility index (Phi) is 3.03. The van der Waals surface area contributed by atoms with Crippen molar-refractivity contribution in [3.05, 3.63) is 0 Å². The molecule has 1 aliphatic rings. The average Bonchev–Trinajstić information content (AvgIpc) is 2.08. The van der Waals surface area contributed by atoms with Crippen LogP contribution in [0.5, 0.6) is 0 Å². The molecular formula is C7H14O5. The molecule has 0 aliphatic carbocycles. The molecule has 12 heavy (non-hydrogen) atoms. The van der Waals surface area contributed by atoms with E-state index in [2.05, 4.69) is 0 Å². The van der Waals surface area contributed by atoms with Gasteiger partial charge in [0.05, 0.1) is 6.10 Å². The van der Waals surface area contributed by atoms with Gasteiger partial charge in [0, 0.05) is 0 Å². The van der Waals surface area contributed by atoms with Gasteiger partial charge in [0.25, 0.3) is 0 Å². The Morgan fingerprint density at radius 2 is 1.58 bits per heavy atom. The molecule has 0 aromatic heterocycles. The van der Waals surface area contributed by atoms with Crippen LogP contribution in [-0.2, 0) is 4.74 Å². The van der Waals surface area contributed by atoms with Crippen molar-refractivity contribution in [1.29, 1.82) is 0 Å². The Balaban J connectivity index is 2.63. The zero-order chi connectivity index (χ0) is 9.30. The van der Waals surface area contributed by atoms with Gasteiger partial charge in [0.1, 0.15) is 18.3 Å². The van der Waals surface area contributed by atoms with Crippen LogP contribution in [0.4, 0.5) is 0 Å². The lowest BCUT2D eigenvalue weighted by atomic mass is 9.97. The summed E-state index contributed by atoms with van der Waals surface area (Å²) in [5.74, 6) is 0. The lowest BCUT2D eigenvalue weighted by Gasteiger charge is -2.37. The van der Waals surface area contributed by atoms with Crippen molar-refractivity contribution >= 4 is 0 Å². The van der Waals surface area contributed by atoms with Gasteiger partial charge in [0.15, 0.2) is 6.29 Å². The average molecular weight is 178 g/mol. The summed E-state index contributed by atoms with van der Waals surface area (Å²) in [6.45, 7) is 1.75. The van der Waals surface area contributed by atoms with E-state index in [0.29, 0.717) is 6.42 Å². The highest BCUT2D eigenvalue weighted by atomic mass is 16.6. The molecule has 5 atom stereocenters. The van der Waals surface area contributed by atoms with Crippen LogP contribution in [0.15, 0.2) is 0 Å². The zero-order valence-electron chi connectivity index (χ0n) is 6.79. The SMILES string of the molecule is CC[C@H]1O[C@H](O)[C@@H](O)[C@H](O)[C@H]1O. The second-order valence-electron chi connectivity index (χ2n) is 2.95. The number of hydrogen-bond donors (Lipinski definition) is 4. The van der Waals surface area contributed by atoms with E-state index >= 15 is 0 Å². The van der Waals surface area contributed by atoms with E-state index in [4.69, 9.17) is 14.9 Å². The highest BCUT2D eigenvalue weighted by molar-refractivity contribution is 4.87. The minimum atomic E-state index is -1.43. The molecule has 0 saturated carbocycles. The molecule has 72 valence electrons. The number of hydrogen-bond acceptors (Lipinski definition) is 5. The number of rotatable bonds is 1. The Labute approximate surface area is 70.2 Å².